The van der Waals surface area contributed by atoms with Gasteiger partial charge < -0.3 is 4.74 Å². The second-order valence-corrected chi connectivity index (χ2v) is 7.75. The molecule has 1 heterocycles. The highest BCUT2D eigenvalue weighted by molar-refractivity contribution is 7.90. The van der Waals surface area contributed by atoms with E-state index >= 15 is 0 Å². The zero-order chi connectivity index (χ0) is 17.3. The van der Waals surface area contributed by atoms with Gasteiger partial charge in [0.05, 0.1) is 18.1 Å². The number of halogens is 2. The molecule has 6 heteroatoms. The van der Waals surface area contributed by atoms with Crippen LogP contribution < -0.4 is 0 Å². The van der Waals surface area contributed by atoms with Crippen molar-refractivity contribution in [2.75, 3.05) is 19.5 Å². The Morgan fingerprint density at radius 1 is 1.00 bits per heavy atom. The summed E-state index contributed by atoms with van der Waals surface area (Å²) in [6, 6.07) is 9.67. The smallest absolute Gasteiger partial charge is 0.175 e. The maximum Gasteiger partial charge on any atom is 0.175 e. The van der Waals surface area contributed by atoms with Gasteiger partial charge in [-0.2, -0.15) is 0 Å². The van der Waals surface area contributed by atoms with Crippen LogP contribution in [0.25, 0.3) is 5.57 Å². The van der Waals surface area contributed by atoms with E-state index in [2.05, 4.69) is 0 Å². The van der Waals surface area contributed by atoms with Crippen molar-refractivity contribution in [1.82, 2.24) is 0 Å². The minimum atomic E-state index is -3.30. The van der Waals surface area contributed by atoms with E-state index < -0.39 is 21.5 Å². The van der Waals surface area contributed by atoms with Crippen molar-refractivity contribution in [3.63, 3.8) is 0 Å². The standard InChI is InChI=1S/C18H16F2O3S/c1-24(21,22)17-4-2-12(3-5-17)18(13-6-7-23-11-13)14-8-15(19)10-16(20)9-14/h2-5,8-10H,6-7,11H2,1H3/b18-13-. The van der Waals surface area contributed by atoms with Crippen LogP contribution in [0.2, 0.25) is 0 Å². The Labute approximate surface area is 139 Å². The zero-order valence-corrected chi connectivity index (χ0v) is 13.9. The molecule has 0 bridgehead atoms. The third-order valence-corrected chi connectivity index (χ3v) is 5.03. The maximum absolute atomic E-state index is 13.6. The third-order valence-electron chi connectivity index (χ3n) is 3.90. The van der Waals surface area contributed by atoms with Gasteiger partial charge in [0.2, 0.25) is 0 Å². The van der Waals surface area contributed by atoms with E-state index in [-0.39, 0.29) is 4.90 Å². The maximum atomic E-state index is 13.6. The second-order valence-electron chi connectivity index (χ2n) is 5.74. The molecule has 0 unspecified atom stereocenters. The third kappa shape index (κ3) is 3.55. The quantitative estimate of drug-likeness (QED) is 0.850. The van der Waals surface area contributed by atoms with Gasteiger partial charge >= 0.3 is 0 Å². The molecule has 126 valence electrons. The molecule has 2 aromatic rings. The fourth-order valence-corrected chi connectivity index (χ4v) is 3.43. The Bertz CT molecular complexity index is 872. The summed E-state index contributed by atoms with van der Waals surface area (Å²) in [5, 5.41) is 0. The molecule has 0 radical (unpaired) electrons. The summed E-state index contributed by atoms with van der Waals surface area (Å²) < 4.78 is 55.9. The minimum absolute atomic E-state index is 0.198. The van der Waals surface area contributed by atoms with Crippen molar-refractivity contribution >= 4 is 15.4 Å². The molecule has 1 aliphatic rings. The highest BCUT2D eigenvalue weighted by Crippen LogP contribution is 2.32. The number of rotatable bonds is 3. The van der Waals surface area contributed by atoms with Gasteiger partial charge in [-0.25, -0.2) is 17.2 Å². The fourth-order valence-electron chi connectivity index (χ4n) is 2.80. The SMILES string of the molecule is CS(=O)(=O)c1ccc(/C(=C2\CCOC2)c2cc(F)cc(F)c2)cc1. The summed E-state index contributed by atoms with van der Waals surface area (Å²) in [5.74, 6) is -1.32. The molecule has 24 heavy (non-hydrogen) atoms. The Balaban J connectivity index is 2.15. The number of benzene rings is 2. The van der Waals surface area contributed by atoms with Crippen LogP contribution in [-0.4, -0.2) is 27.9 Å². The molecule has 0 atom stereocenters. The van der Waals surface area contributed by atoms with Crippen LogP contribution in [0.4, 0.5) is 8.78 Å². The molecular weight excluding hydrogens is 334 g/mol. The molecule has 0 saturated carbocycles. The first kappa shape index (κ1) is 16.8. The van der Waals surface area contributed by atoms with E-state index in [1.54, 1.807) is 12.1 Å². The second kappa shape index (κ2) is 6.45. The highest BCUT2D eigenvalue weighted by atomic mass is 32.2. The number of hydrogen-bond donors (Lipinski definition) is 0. The molecule has 0 amide bonds. The average Bonchev–Trinajstić information content (AvgIpc) is 3.00. The number of ether oxygens (including phenoxy) is 1. The lowest BCUT2D eigenvalue weighted by Crippen LogP contribution is -2.00. The predicted octanol–water partition coefficient (Wildman–Crippen LogP) is 3.59. The van der Waals surface area contributed by atoms with Gasteiger partial charge in [0.1, 0.15) is 11.6 Å². The van der Waals surface area contributed by atoms with Crippen molar-refractivity contribution in [3.8, 4) is 0 Å². The molecule has 1 aliphatic heterocycles. The topological polar surface area (TPSA) is 43.4 Å². The molecular formula is C18H16F2O3S. The lowest BCUT2D eigenvalue weighted by atomic mass is 9.92. The van der Waals surface area contributed by atoms with Crippen molar-refractivity contribution < 1.29 is 21.9 Å². The van der Waals surface area contributed by atoms with E-state index in [1.807, 2.05) is 0 Å². The van der Waals surface area contributed by atoms with Gasteiger partial charge in [-0.15, -0.1) is 0 Å². The van der Waals surface area contributed by atoms with E-state index in [9.17, 15) is 17.2 Å². The van der Waals surface area contributed by atoms with Gasteiger partial charge in [-0.1, -0.05) is 12.1 Å². The van der Waals surface area contributed by atoms with Gasteiger partial charge in [0.25, 0.3) is 0 Å². The van der Waals surface area contributed by atoms with Crippen LogP contribution in [0.5, 0.6) is 0 Å². The lowest BCUT2D eigenvalue weighted by Gasteiger charge is -2.13. The Kier molecular flexibility index (Phi) is 4.51. The predicted molar refractivity (Wildman–Crippen MR) is 87.4 cm³/mol. The zero-order valence-electron chi connectivity index (χ0n) is 13.1. The summed E-state index contributed by atoms with van der Waals surface area (Å²) in [6.07, 6.45) is 1.80. The van der Waals surface area contributed by atoms with Gasteiger partial charge in [0, 0.05) is 12.3 Å². The van der Waals surface area contributed by atoms with Crippen molar-refractivity contribution in [1.29, 1.82) is 0 Å². The average molecular weight is 350 g/mol. The Morgan fingerprint density at radius 2 is 1.62 bits per heavy atom. The van der Waals surface area contributed by atoms with Crippen LogP contribution in [0.1, 0.15) is 17.5 Å². The molecule has 0 aliphatic carbocycles. The Morgan fingerprint density at radius 3 is 2.12 bits per heavy atom. The van der Waals surface area contributed by atoms with Gasteiger partial charge in [-0.3, -0.25) is 0 Å². The fraction of sp³-hybridized carbons (Fsp3) is 0.222. The minimum Gasteiger partial charge on any atom is -0.377 e. The summed E-state index contributed by atoms with van der Waals surface area (Å²) in [5.41, 5.74) is 2.74. The van der Waals surface area contributed by atoms with Crippen LogP contribution in [-0.2, 0) is 14.6 Å². The Hall–Kier alpha value is -2.05. The van der Waals surface area contributed by atoms with Crippen molar-refractivity contribution in [2.24, 2.45) is 0 Å². The van der Waals surface area contributed by atoms with Crippen LogP contribution in [0, 0.1) is 11.6 Å². The summed E-state index contributed by atoms with van der Waals surface area (Å²) in [4.78, 5) is 0.198. The first-order valence-corrected chi connectivity index (χ1v) is 9.30. The highest BCUT2D eigenvalue weighted by Gasteiger charge is 2.18. The molecule has 1 saturated heterocycles. The van der Waals surface area contributed by atoms with E-state index in [0.717, 1.165) is 17.9 Å². The molecule has 2 aromatic carbocycles. The van der Waals surface area contributed by atoms with Crippen LogP contribution >= 0.6 is 0 Å². The summed E-state index contributed by atoms with van der Waals surface area (Å²) in [6.45, 7) is 0.944. The van der Waals surface area contributed by atoms with E-state index in [4.69, 9.17) is 4.74 Å². The van der Waals surface area contributed by atoms with Crippen molar-refractivity contribution in [3.05, 3.63) is 70.8 Å². The van der Waals surface area contributed by atoms with Gasteiger partial charge in [0.15, 0.2) is 9.84 Å². The lowest BCUT2D eigenvalue weighted by molar-refractivity contribution is 0.205. The number of sulfone groups is 1. The van der Waals surface area contributed by atoms with E-state index in [1.165, 1.54) is 24.3 Å². The molecule has 0 spiro atoms. The largest absolute Gasteiger partial charge is 0.377 e. The monoisotopic (exact) mass is 350 g/mol. The molecule has 1 fully saturated rings. The normalized spacial score (nSPS) is 17.1. The first-order chi connectivity index (χ1) is 11.3. The molecule has 0 N–H and O–H groups in total. The van der Waals surface area contributed by atoms with Crippen LogP contribution in [0.15, 0.2) is 52.9 Å². The van der Waals surface area contributed by atoms with Crippen molar-refractivity contribution in [2.45, 2.75) is 11.3 Å². The molecule has 3 nitrogen and oxygen atoms in total. The molecule has 0 aromatic heterocycles. The molecule has 3 rings (SSSR count). The summed E-state index contributed by atoms with van der Waals surface area (Å²) in [7, 11) is -3.30. The number of hydrogen-bond acceptors (Lipinski definition) is 3. The summed E-state index contributed by atoms with van der Waals surface area (Å²) >= 11 is 0. The van der Waals surface area contributed by atoms with Gasteiger partial charge in [-0.05, 0) is 53.0 Å². The van der Waals surface area contributed by atoms with E-state index in [0.29, 0.717) is 36.3 Å². The van der Waals surface area contributed by atoms with Crippen LogP contribution in [0.3, 0.4) is 0 Å². The first-order valence-electron chi connectivity index (χ1n) is 7.41.